The van der Waals surface area contributed by atoms with E-state index in [2.05, 4.69) is 103 Å². The highest BCUT2D eigenvalue weighted by Gasteiger charge is 2.67. The standard InChI is InChI=1S/C57H69N3O7/c1-42-26-31-49(37-48(42)36-44-29-27-43(28-30-44)24-17-25-50(61)59-56(32-15-8-16-33-56)54(62)58-34-35-60(3)4)57-53(65-40-47-22-13-7-14-23-47)51(63-38-45-18-9-5-10-19-45)52(55(2,67-57)41-66-57)64-39-46-20-11-6-12-21-46/h5-7,9-14,18-23,26-31,37,51-53H,8,15-17,24-25,32-36,38-41H2,1-4H3,(H,58,62)(H,59,61)/t51-,52-,53+,55-,57-/m0/s1. The summed E-state index contributed by atoms with van der Waals surface area (Å²) in [6.07, 6.45) is 5.16. The molecule has 5 atom stereocenters. The largest absolute Gasteiger partial charge is 0.368 e. The van der Waals surface area contributed by atoms with E-state index < -0.39 is 35.2 Å². The number of fused-ring (bicyclic) bond motifs is 2. The van der Waals surface area contributed by atoms with Crippen molar-refractivity contribution >= 4 is 11.8 Å². The summed E-state index contributed by atoms with van der Waals surface area (Å²) in [6.45, 7) is 6.92. The third-order valence-electron chi connectivity index (χ3n) is 13.8. The normalized spacial score (nSPS) is 23.2. The molecule has 2 saturated heterocycles. The molecule has 1 saturated carbocycles. The van der Waals surface area contributed by atoms with Gasteiger partial charge in [0.05, 0.1) is 26.4 Å². The number of aryl methyl sites for hydroxylation is 2. The summed E-state index contributed by atoms with van der Waals surface area (Å²) in [6, 6.07) is 45.7. The summed E-state index contributed by atoms with van der Waals surface area (Å²) in [5.41, 5.74) is 7.05. The maximum Gasteiger partial charge on any atom is 0.245 e. The summed E-state index contributed by atoms with van der Waals surface area (Å²) in [5.74, 6) is -1.38. The first kappa shape index (κ1) is 48.3. The number of nitrogens with zero attached hydrogens (tertiary/aromatic N) is 1. The Morgan fingerprint density at radius 1 is 0.701 bits per heavy atom. The first-order chi connectivity index (χ1) is 32.5. The Morgan fingerprint density at radius 3 is 1.90 bits per heavy atom. The van der Waals surface area contributed by atoms with Crippen LogP contribution in [0.1, 0.15) is 96.4 Å². The van der Waals surface area contributed by atoms with Crippen LogP contribution in [0.15, 0.2) is 133 Å². The van der Waals surface area contributed by atoms with Crippen molar-refractivity contribution in [3.8, 4) is 0 Å². The van der Waals surface area contributed by atoms with Gasteiger partial charge in [0.15, 0.2) is 0 Å². The number of benzene rings is 5. The van der Waals surface area contributed by atoms with E-state index in [1.807, 2.05) is 73.6 Å². The highest BCUT2D eigenvalue weighted by molar-refractivity contribution is 5.91. The van der Waals surface area contributed by atoms with Gasteiger partial charge in [0, 0.05) is 25.1 Å². The van der Waals surface area contributed by atoms with Gasteiger partial charge >= 0.3 is 0 Å². The monoisotopic (exact) mass is 908 g/mol. The maximum absolute atomic E-state index is 13.3. The van der Waals surface area contributed by atoms with Crippen molar-refractivity contribution in [2.24, 2.45) is 0 Å². The molecule has 0 spiro atoms. The zero-order valence-electron chi connectivity index (χ0n) is 39.8. The minimum atomic E-state index is -1.28. The third kappa shape index (κ3) is 11.9. The van der Waals surface area contributed by atoms with Crippen LogP contribution in [0.5, 0.6) is 0 Å². The molecule has 5 aromatic rings. The van der Waals surface area contributed by atoms with Crippen LogP contribution >= 0.6 is 0 Å². The summed E-state index contributed by atoms with van der Waals surface area (Å²) in [7, 11) is 3.97. The van der Waals surface area contributed by atoms with E-state index >= 15 is 0 Å². The van der Waals surface area contributed by atoms with E-state index in [0.29, 0.717) is 65.1 Å². The molecule has 3 fully saturated rings. The van der Waals surface area contributed by atoms with Gasteiger partial charge in [-0.1, -0.05) is 147 Å². The molecule has 1 aliphatic carbocycles. The van der Waals surface area contributed by atoms with Gasteiger partial charge in [-0.05, 0) is 105 Å². The van der Waals surface area contributed by atoms with Crippen LogP contribution in [0.3, 0.4) is 0 Å². The maximum atomic E-state index is 13.3. The van der Waals surface area contributed by atoms with Crippen molar-refractivity contribution < 1.29 is 33.3 Å². The molecular formula is C57H69N3O7. The first-order valence-corrected chi connectivity index (χ1v) is 24.3. The third-order valence-corrected chi connectivity index (χ3v) is 13.8. The second kappa shape index (κ2) is 22.3. The number of amides is 2. The molecule has 0 aromatic heterocycles. The van der Waals surface area contributed by atoms with Crippen molar-refractivity contribution in [1.82, 2.24) is 15.5 Å². The second-order valence-electron chi connectivity index (χ2n) is 19.3. The van der Waals surface area contributed by atoms with Crippen molar-refractivity contribution in [3.05, 3.63) is 178 Å². The molecule has 3 aliphatic rings. The molecule has 354 valence electrons. The predicted octanol–water partition coefficient (Wildman–Crippen LogP) is 9.13. The molecule has 2 aliphatic heterocycles. The second-order valence-corrected chi connectivity index (χ2v) is 19.3. The number of carbonyl (C=O) groups excluding carboxylic acids is 2. The zero-order chi connectivity index (χ0) is 46.7. The first-order valence-electron chi connectivity index (χ1n) is 24.3. The highest BCUT2D eigenvalue weighted by Crippen LogP contribution is 2.53. The Bertz CT molecular complexity index is 2360. The van der Waals surface area contributed by atoms with Gasteiger partial charge in [-0.15, -0.1) is 0 Å². The summed E-state index contributed by atoms with van der Waals surface area (Å²) in [5, 5.41) is 6.26. The van der Waals surface area contributed by atoms with E-state index in [1.165, 1.54) is 11.1 Å². The van der Waals surface area contributed by atoms with Gasteiger partial charge in [-0.25, -0.2) is 0 Å². The summed E-state index contributed by atoms with van der Waals surface area (Å²) < 4.78 is 35.0. The van der Waals surface area contributed by atoms with Crippen LogP contribution in [0.2, 0.25) is 0 Å². The Labute approximate surface area is 397 Å². The van der Waals surface area contributed by atoms with E-state index in [9.17, 15) is 9.59 Å². The van der Waals surface area contributed by atoms with E-state index in [-0.39, 0.29) is 11.8 Å². The molecule has 5 aromatic carbocycles. The molecule has 0 unspecified atom stereocenters. The average molecular weight is 908 g/mol. The van der Waals surface area contributed by atoms with Gasteiger partial charge < -0.3 is 39.2 Å². The quantitative estimate of drug-likeness (QED) is 0.0752. The lowest BCUT2D eigenvalue weighted by Gasteiger charge is -2.50. The minimum Gasteiger partial charge on any atom is -0.368 e. The SMILES string of the molecule is Cc1ccc([C@]23OC[C@](C)(O2)[C@@H](OCc2ccccc2)[C@H](OCc2ccccc2)[C@H]3OCc2ccccc2)cc1Cc1ccc(CCCC(=O)NC2(C(=O)NCCN(C)C)CCCCC2)cc1. The van der Waals surface area contributed by atoms with Crippen molar-refractivity contribution in [1.29, 1.82) is 0 Å². The number of hydrogen-bond donors (Lipinski definition) is 2. The molecule has 8 rings (SSSR count). The van der Waals surface area contributed by atoms with Gasteiger partial charge in [0.2, 0.25) is 17.6 Å². The van der Waals surface area contributed by atoms with E-state index in [0.717, 1.165) is 65.6 Å². The number of carbonyl (C=O) groups is 2. The van der Waals surface area contributed by atoms with Crippen molar-refractivity contribution in [2.45, 2.75) is 127 Å². The Balaban J connectivity index is 0.982. The lowest BCUT2D eigenvalue weighted by atomic mass is 9.80. The summed E-state index contributed by atoms with van der Waals surface area (Å²) >= 11 is 0. The Morgan fingerprint density at radius 2 is 1.28 bits per heavy atom. The molecule has 2 bridgehead atoms. The fraction of sp³-hybridized carbons (Fsp3) is 0.439. The van der Waals surface area contributed by atoms with Crippen LogP contribution in [0, 0.1) is 6.92 Å². The fourth-order valence-electron chi connectivity index (χ4n) is 9.93. The van der Waals surface area contributed by atoms with Gasteiger partial charge in [-0.2, -0.15) is 0 Å². The van der Waals surface area contributed by atoms with Gasteiger partial charge in [0.1, 0.15) is 29.5 Å². The van der Waals surface area contributed by atoms with Crippen LogP contribution in [0.25, 0.3) is 0 Å². The molecule has 10 nitrogen and oxygen atoms in total. The van der Waals surface area contributed by atoms with Crippen LogP contribution in [0.4, 0.5) is 0 Å². The van der Waals surface area contributed by atoms with Gasteiger partial charge in [-0.3, -0.25) is 9.59 Å². The highest BCUT2D eigenvalue weighted by atomic mass is 16.8. The number of ether oxygens (including phenoxy) is 5. The Kier molecular flexibility index (Phi) is 16.0. The molecule has 2 heterocycles. The van der Waals surface area contributed by atoms with Crippen LogP contribution < -0.4 is 10.6 Å². The lowest BCUT2D eigenvalue weighted by Crippen LogP contribution is -2.65. The number of rotatable bonds is 21. The number of hydrogen-bond acceptors (Lipinski definition) is 8. The van der Waals surface area contributed by atoms with Crippen LogP contribution in [-0.2, 0) is 71.7 Å². The number of likely N-dealkylation sites (N-methyl/N-ethyl adjacent to an activating group) is 1. The van der Waals surface area contributed by atoms with Crippen molar-refractivity contribution in [2.75, 3.05) is 33.8 Å². The molecule has 2 N–H and O–H groups in total. The smallest absolute Gasteiger partial charge is 0.245 e. The fourth-order valence-corrected chi connectivity index (χ4v) is 9.93. The molecule has 10 heteroatoms. The molecule has 0 radical (unpaired) electrons. The number of nitrogens with one attached hydrogen (secondary N) is 2. The molecular weight excluding hydrogens is 839 g/mol. The average Bonchev–Trinajstić information content (AvgIpc) is 3.67. The summed E-state index contributed by atoms with van der Waals surface area (Å²) in [4.78, 5) is 28.7. The van der Waals surface area contributed by atoms with E-state index in [4.69, 9.17) is 23.7 Å². The molecule has 2 amide bonds. The minimum absolute atomic E-state index is 0.0510. The van der Waals surface area contributed by atoms with Gasteiger partial charge in [0.25, 0.3) is 0 Å². The topological polar surface area (TPSA) is 108 Å². The predicted molar refractivity (Wildman–Crippen MR) is 261 cm³/mol. The molecule has 67 heavy (non-hydrogen) atoms. The van der Waals surface area contributed by atoms with E-state index in [1.54, 1.807) is 0 Å². The lowest BCUT2D eigenvalue weighted by molar-refractivity contribution is -0.346. The van der Waals surface area contributed by atoms with Crippen LogP contribution in [-0.4, -0.2) is 80.0 Å². The zero-order valence-corrected chi connectivity index (χ0v) is 39.8. The Hall–Kier alpha value is -5.20. The van der Waals surface area contributed by atoms with Crippen molar-refractivity contribution in [3.63, 3.8) is 0 Å².